The van der Waals surface area contributed by atoms with Gasteiger partial charge in [0.15, 0.2) is 0 Å². The number of carbonyl (C=O) groups excluding carboxylic acids is 1. The summed E-state index contributed by atoms with van der Waals surface area (Å²) >= 11 is 1.61. The minimum atomic E-state index is -0.417. The molecule has 1 saturated heterocycles. The number of aromatic nitrogens is 1. The molecule has 20 heavy (non-hydrogen) atoms. The Kier molecular flexibility index (Phi) is 3.69. The van der Waals surface area contributed by atoms with Gasteiger partial charge in [-0.1, -0.05) is 12.1 Å². The monoisotopic (exact) mass is 291 g/mol. The number of hydrogen-bond donors (Lipinski definition) is 2. The van der Waals surface area contributed by atoms with Crippen LogP contribution in [-0.4, -0.2) is 46.6 Å². The maximum absolute atomic E-state index is 12.2. The molecule has 106 valence electrons. The van der Waals surface area contributed by atoms with E-state index >= 15 is 0 Å². The predicted octanol–water partition coefficient (Wildman–Crippen LogP) is 0.977. The number of amides is 1. The lowest BCUT2D eigenvalue weighted by Crippen LogP contribution is -2.41. The number of aliphatic hydroxyl groups excluding tert-OH is 1. The van der Waals surface area contributed by atoms with Crippen LogP contribution in [0.4, 0.5) is 0 Å². The Morgan fingerprint density at radius 3 is 3.05 bits per heavy atom. The molecule has 2 aromatic rings. The number of thiazole rings is 1. The minimum Gasteiger partial charge on any atom is -0.392 e. The van der Waals surface area contributed by atoms with Crippen molar-refractivity contribution in [2.75, 3.05) is 13.6 Å². The van der Waals surface area contributed by atoms with Crippen LogP contribution in [0.25, 0.3) is 10.2 Å². The van der Waals surface area contributed by atoms with E-state index in [0.29, 0.717) is 19.5 Å². The van der Waals surface area contributed by atoms with Crippen molar-refractivity contribution in [3.63, 3.8) is 0 Å². The predicted molar refractivity (Wildman–Crippen MR) is 78.5 cm³/mol. The van der Waals surface area contributed by atoms with Crippen LogP contribution < -0.4 is 5.32 Å². The number of fused-ring (bicyclic) bond motifs is 1. The van der Waals surface area contributed by atoms with Crippen molar-refractivity contribution in [3.05, 3.63) is 29.3 Å². The molecule has 2 N–H and O–H groups in total. The van der Waals surface area contributed by atoms with E-state index in [-0.39, 0.29) is 11.9 Å². The highest BCUT2D eigenvalue weighted by molar-refractivity contribution is 7.18. The Hall–Kier alpha value is -1.50. The molecule has 0 spiro atoms. The van der Waals surface area contributed by atoms with Crippen molar-refractivity contribution in [2.24, 2.45) is 0 Å². The third-order valence-corrected chi connectivity index (χ3v) is 4.51. The second-order valence-electron chi connectivity index (χ2n) is 5.12. The third kappa shape index (κ3) is 2.67. The summed E-state index contributed by atoms with van der Waals surface area (Å²) in [4.78, 5) is 18.4. The van der Waals surface area contributed by atoms with E-state index in [1.54, 1.807) is 23.3 Å². The number of aliphatic hydroxyl groups is 1. The zero-order valence-electron chi connectivity index (χ0n) is 11.2. The van der Waals surface area contributed by atoms with Crippen molar-refractivity contribution < 1.29 is 9.90 Å². The Bertz CT molecular complexity index is 595. The number of para-hydroxylation sites is 1. The van der Waals surface area contributed by atoms with Crippen molar-refractivity contribution in [1.29, 1.82) is 0 Å². The molecular formula is C14H17N3O2S. The number of benzene rings is 1. The summed E-state index contributed by atoms with van der Waals surface area (Å²) in [6, 6.07) is 7.69. The number of rotatable bonds is 3. The largest absolute Gasteiger partial charge is 0.392 e. The summed E-state index contributed by atoms with van der Waals surface area (Å²) < 4.78 is 1.14. The summed E-state index contributed by atoms with van der Waals surface area (Å²) in [5.41, 5.74) is 0.975. The number of likely N-dealkylation sites (N-methyl/N-ethyl adjacent to an activating group) is 1. The molecule has 0 saturated carbocycles. The molecule has 1 amide bonds. The first-order valence-electron chi connectivity index (χ1n) is 6.64. The summed E-state index contributed by atoms with van der Waals surface area (Å²) in [5, 5.41) is 13.4. The summed E-state index contributed by atoms with van der Waals surface area (Å²) in [6.07, 6.45) is 0.0723. The SMILES string of the molecule is CN(Cc1nc2ccccc2s1)C(=O)[C@H]1C[C@H](O)CN1. The summed E-state index contributed by atoms with van der Waals surface area (Å²) in [6.45, 7) is 0.998. The van der Waals surface area contributed by atoms with Gasteiger partial charge < -0.3 is 15.3 Å². The smallest absolute Gasteiger partial charge is 0.239 e. The van der Waals surface area contributed by atoms with E-state index in [1.807, 2.05) is 24.3 Å². The topological polar surface area (TPSA) is 65.5 Å². The van der Waals surface area contributed by atoms with Gasteiger partial charge in [0.1, 0.15) is 5.01 Å². The first-order chi connectivity index (χ1) is 9.63. The average molecular weight is 291 g/mol. The van der Waals surface area contributed by atoms with Crippen LogP contribution in [0.2, 0.25) is 0 Å². The molecule has 0 radical (unpaired) electrons. The first-order valence-corrected chi connectivity index (χ1v) is 7.46. The van der Waals surface area contributed by atoms with Gasteiger partial charge in [-0.05, 0) is 18.6 Å². The standard InChI is InChI=1S/C14H17N3O2S/c1-17(14(19)11-6-9(18)7-15-11)8-13-16-10-4-2-3-5-12(10)20-13/h2-5,9,11,15,18H,6-8H2,1H3/t9-,11+/m0/s1. The average Bonchev–Trinajstić information content (AvgIpc) is 3.03. The van der Waals surface area contributed by atoms with Crippen LogP contribution in [-0.2, 0) is 11.3 Å². The van der Waals surface area contributed by atoms with E-state index in [4.69, 9.17) is 0 Å². The number of β-amino-alcohol motifs (C(OH)–C–C–N with tert-alkyl or cyclic N) is 1. The van der Waals surface area contributed by atoms with Crippen molar-refractivity contribution in [1.82, 2.24) is 15.2 Å². The molecule has 1 aliphatic heterocycles. The van der Waals surface area contributed by atoms with E-state index in [2.05, 4.69) is 10.3 Å². The zero-order chi connectivity index (χ0) is 14.1. The van der Waals surface area contributed by atoms with Crippen molar-refractivity contribution in [3.8, 4) is 0 Å². The molecule has 2 heterocycles. The van der Waals surface area contributed by atoms with Crippen LogP contribution in [0.1, 0.15) is 11.4 Å². The van der Waals surface area contributed by atoms with Gasteiger partial charge in [-0.2, -0.15) is 0 Å². The molecule has 1 aliphatic rings. The lowest BCUT2D eigenvalue weighted by atomic mass is 10.2. The Morgan fingerprint density at radius 1 is 1.55 bits per heavy atom. The minimum absolute atomic E-state index is 0.0146. The Balaban J connectivity index is 1.68. The molecule has 0 aliphatic carbocycles. The third-order valence-electron chi connectivity index (χ3n) is 3.49. The van der Waals surface area contributed by atoms with Crippen LogP contribution >= 0.6 is 11.3 Å². The van der Waals surface area contributed by atoms with Gasteiger partial charge >= 0.3 is 0 Å². The Labute approximate surface area is 121 Å². The van der Waals surface area contributed by atoms with Crippen LogP contribution in [0.3, 0.4) is 0 Å². The molecule has 1 aromatic heterocycles. The number of carbonyl (C=O) groups is 1. The highest BCUT2D eigenvalue weighted by atomic mass is 32.1. The zero-order valence-corrected chi connectivity index (χ0v) is 12.1. The Morgan fingerprint density at radius 2 is 2.35 bits per heavy atom. The van der Waals surface area contributed by atoms with E-state index in [1.165, 1.54) is 0 Å². The molecule has 3 rings (SSSR count). The molecule has 0 bridgehead atoms. The van der Waals surface area contributed by atoms with Gasteiger partial charge in [0.25, 0.3) is 0 Å². The molecule has 6 heteroatoms. The van der Waals surface area contributed by atoms with Crippen LogP contribution in [0.15, 0.2) is 24.3 Å². The van der Waals surface area contributed by atoms with Crippen molar-refractivity contribution in [2.45, 2.75) is 25.1 Å². The number of hydrogen-bond acceptors (Lipinski definition) is 5. The van der Waals surface area contributed by atoms with Gasteiger partial charge in [-0.3, -0.25) is 4.79 Å². The lowest BCUT2D eigenvalue weighted by molar-refractivity contribution is -0.132. The maximum atomic E-state index is 12.2. The van der Waals surface area contributed by atoms with E-state index in [0.717, 1.165) is 15.2 Å². The summed E-state index contributed by atoms with van der Waals surface area (Å²) in [5.74, 6) is 0.0146. The second kappa shape index (κ2) is 5.47. The van der Waals surface area contributed by atoms with Crippen LogP contribution in [0.5, 0.6) is 0 Å². The highest BCUT2D eigenvalue weighted by Gasteiger charge is 2.30. The number of nitrogens with one attached hydrogen (secondary N) is 1. The molecule has 1 fully saturated rings. The van der Waals surface area contributed by atoms with Gasteiger partial charge in [0, 0.05) is 13.6 Å². The quantitative estimate of drug-likeness (QED) is 0.884. The van der Waals surface area contributed by atoms with Gasteiger partial charge in [-0.25, -0.2) is 4.98 Å². The van der Waals surface area contributed by atoms with Crippen LogP contribution in [0, 0.1) is 0 Å². The lowest BCUT2D eigenvalue weighted by Gasteiger charge is -2.19. The first kappa shape index (κ1) is 13.5. The normalized spacial score (nSPS) is 22.3. The fourth-order valence-electron chi connectivity index (χ4n) is 2.44. The van der Waals surface area contributed by atoms with Gasteiger partial charge in [-0.15, -0.1) is 11.3 Å². The highest BCUT2D eigenvalue weighted by Crippen LogP contribution is 2.22. The molecule has 0 unspecified atom stereocenters. The number of nitrogens with zero attached hydrogens (tertiary/aromatic N) is 2. The molecule has 5 nitrogen and oxygen atoms in total. The van der Waals surface area contributed by atoms with E-state index in [9.17, 15) is 9.90 Å². The fourth-order valence-corrected chi connectivity index (χ4v) is 3.46. The maximum Gasteiger partial charge on any atom is 0.239 e. The molecular weight excluding hydrogens is 274 g/mol. The molecule has 1 aromatic carbocycles. The second-order valence-corrected chi connectivity index (χ2v) is 6.24. The van der Waals surface area contributed by atoms with E-state index < -0.39 is 6.10 Å². The van der Waals surface area contributed by atoms with Crippen molar-refractivity contribution >= 4 is 27.5 Å². The fraction of sp³-hybridized carbons (Fsp3) is 0.429. The molecule has 2 atom stereocenters. The summed E-state index contributed by atoms with van der Waals surface area (Å²) in [7, 11) is 1.78. The van der Waals surface area contributed by atoms with Gasteiger partial charge in [0.2, 0.25) is 5.91 Å². The van der Waals surface area contributed by atoms with Gasteiger partial charge in [0.05, 0.1) is 28.9 Å².